The number of aromatic nitrogens is 1. The lowest BCUT2D eigenvalue weighted by atomic mass is 9.77. The number of carbonyl (C=O) groups excluding carboxylic acids is 1. The van der Waals surface area contributed by atoms with Crippen molar-refractivity contribution in [3.05, 3.63) is 152 Å². The summed E-state index contributed by atoms with van der Waals surface area (Å²) < 4.78 is 0. The van der Waals surface area contributed by atoms with E-state index in [-0.39, 0.29) is 23.2 Å². The minimum atomic E-state index is -0.594. The number of carbonyl (C=O) groups is 1. The fourth-order valence-corrected chi connectivity index (χ4v) is 6.49. The van der Waals surface area contributed by atoms with Crippen molar-refractivity contribution in [1.82, 2.24) is 9.99 Å². The highest BCUT2D eigenvalue weighted by Crippen LogP contribution is 2.46. The predicted molar refractivity (Wildman–Crippen MR) is 175 cm³/mol. The highest BCUT2D eigenvalue weighted by Gasteiger charge is 2.44. The first-order chi connectivity index (χ1) is 22.4. The van der Waals surface area contributed by atoms with Gasteiger partial charge in [0.05, 0.1) is 38.4 Å². The number of non-ortho nitro benzene ring substituents is 2. The van der Waals surface area contributed by atoms with Crippen LogP contribution in [0.3, 0.4) is 0 Å². The van der Waals surface area contributed by atoms with Crippen molar-refractivity contribution in [2.24, 2.45) is 11.0 Å². The van der Waals surface area contributed by atoms with Crippen LogP contribution in [0, 0.1) is 26.1 Å². The number of hydrogen-bond donors (Lipinski definition) is 0. The van der Waals surface area contributed by atoms with Gasteiger partial charge >= 0.3 is 0 Å². The van der Waals surface area contributed by atoms with Gasteiger partial charge in [0.15, 0.2) is 0 Å². The zero-order chi connectivity index (χ0) is 31.8. The van der Waals surface area contributed by atoms with Crippen LogP contribution < -0.4 is 0 Å². The minimum absolute atomic E-state index is 0.0138. The van der Waals surface area contributed by atoms with Gasteiger partial charge in [-0.05, 0) is 54.2 Å². The smallest absolute Gasteiger partial charge is 0.267 e. The molecule has 0 bridgehead atoms. The Morgan fingerprint density at radius 3 is 2.33 bits per heavy atom. The molecule has 0 radical (unpaired) electrons. The molecule has 10 heteroatoms. The maximum atomic E-state index is 14.7. The highest BCUT2D eigenvalue weighted by molar-refractivity contribution is 6.12. The van der Waals surface area contributed by atoms with Gasteiger partial charge in [-0.2, -0.15) is 5.10 Å². The number of allylic oxidation sites excluding steroid dienone is 1. The van der Waals surface area contributed by atoms with Crippen LogP contribution >= 0.6 is 0 Å². The van der Waals surface area contributed by atoms with Crippen LogP contribution in [0.15, 0.2) is 120 Å². The lowest BCUT2D eigenvalue weighted by molar-refractivity contribution is -0.385. The number of para-hydroxylation sites is 1. The van der Waals surface area contributed by atoms with Gasteiger partial charge < -0.3 is 0 Å². The average Bonchev–Trinajstić information content (AvgIpc) is 3.49. The molecule has 2 heterocycles. The van der Waals surface area contributed by atoms with Crippen LogP contribution in [-0.2, 0) is 0 Å². The van der Waals surface area contributed by atoms with Gasteiger partial charge in [-0.3, -0.25) is 25.0 Å². The zero-order valence-corrected chi connectivity index (χ0v) is 24.5. The minimum Gasteiger partial charge on any atom is -0.267 e. The van der Waals surface area contributed by atoms with Crippen LogP contribution in [0.25, 0.3) is 28.2 Å². The van der Waals surface area contributed by atoms with Gasteiger partial charge in [-0.1, -0.05) is 72.8 Å². The Labute approximate surface area is 263 Å². The fourth-order valence-electron chi connectivity index (χ4n) is 6.49. The van der Waals surface area contributed by atoms with E-state index in [2.05, 4.69) is 0 Å². The van der Waals surface area contributed by atoms with Gasteiger partial charge in [-0.15, -0.1) is 0 Å². The fraction of sp³-hybridized carbons (Fsp3) is 0.139. The van der Waals surface area contributed by atoms with Crippen molar-refractivity contribution in [1.29, 1.82) is 0 Å². The molecule has 0 unspecified atom stereocenters. The van der Waals surface area contributed by atoms with E-state index in [1.54, 1.807) is 30.3 Å². The molecule has 1 aliphatic heterocycles. The highest BCUT2D eigenvalue weighted by atomic mass is 16.6. The van der Waals surface area contributed by atoms with Gasteiger partial charge in [0.2, 0.25) is 0 Å². The van der Waals surface area contributed by atoms with E-state index >= 15 is 0 Å². The van der Waals surface area contributed by atoms with Crippen LogP contribution in [0.2, 0.25) is 0 Å². The molecule has 226 valence electrons. The number of nitro benzene ring substituents is 2. The second-order valence-corrected chi connectivity index (χ2v) is 11.4. The number of hydrogen-bond acceptors (Lipinski definition) is 7. The molecule has 1 aliphatic carbocycles. The average molecular weight is 610 g/mol. The Kier molecular flexibility index (Phi) is 7.38. The topological polar surface area (TPSA) is 132 Å². The van der Waals surface area contributed by atoms with Gasteiger partial charge in [-0.25, -0.2) is 9.99 Å². The van der Waals surface area contributed by atoms with E-state index in [9.17, 15) is 25.0 Å². The zero-order valence-electron chi connectivity index (χ0n) is 24.5. The molecule has 0 saturated heterocycles. The van der Waals surface area contributed by atoms with Crippen molar-refractivity contribution in [3.63, 3.8) is 0 Å². The molecule has 2 atom stereocenters. The molecule has 2 aliphatic rings. The molecule has 0 spiro atoms. The molecule has 1 amide bonds. The van der Waals surface area contributed by atoms with Crippen molar-refractivity contribution in [3.8, 4) is 11.3 Å². The summed E-state index contributed by atoms with van der Waals surface area (Å²) >= 11 is 0. The van der Waals surface area contributed by atoms with Crippen LogP contribution in [0.5, 0.6) is 0 Å². The number of rotatable bonds is 6. The second kappa shape index (κ2) is 11.8. The van der Waals surface area contributed by atoms with E-state index < -0.39 is 15.9 Å². The Morgan fingerprint density at radius 1 is 0.826 bits per heavy atom. The van der Waals surface area contributed by atoms with Crippen molar-refractivity contribution < 1.29 is 14.6 Å². The van der Waals surface area contributed by atoms with Crippen molar-refractivity contribution in [2.45, 2.75) is 25.3 Å². The largest absolute Gasteiger partial charge is 0.275 e. The molecular weight excluding hydrogens is 582 g/mol. The first-order valence-corrected chi connectivity index (χ1v) is 14.9. The third-order valence-electron chi connectivity index (χ3n) is 8.57. The predicted octanol–water partition coefficient (Wildman–Crippen LogP) is 8.16. The molecule has 46 heavy (non-hydrogen) atoms. The number of hydrazone groups is 1. The number of nitrogens with zero attached hydrogens (tertiary/aromatic N) is 5. The molecule has 5 aromatic rings. The van der Waals surface area contributed by atoms with Gasteiger partial charge in [0, 0.05) is 41.1 Å². The molecule has 1 fully saturated rings. The number of fused-ring (bicyclic) bond motifs is 2. The summed E-state index contributed by atoms with van der Waals surface area (Å²) in [5.41, 5.74) is 5.38. The molecule has 7 rings (SSSR count). The number of amides is 1. The maximum absolute atomic E-state index is 14.7. The molecule has 0 N–H and O–H groups in total. The third-order valence-corrected chi connectivity index (χ3v) is 8.57. The molecule has 4 aromatic carbocycles. The van der Waals surface area contributed by atoms with Crippen LogP contribution in [0.4, 0.5) is 11.4 Å². The third kappa shape index (κ3) is 5.30. The summed E-state index contributed by atoms with van der Waals surface area (Å²) in [5, 5.41) is 30.3. The molecule has 1 aromatic heterocycles. The number of nitro groups is 2. The van der Waals surface area contributed by atoms with Gasteiger partial charge in [0.25, 0.3) is 17.3 Å². The van der Waals surface area contributed by atoms with Gasteiger partial charge in [0.1, 0.15) is 0 Å². The van der Waals surface area contributed by atoms with E-state index in [4.69, 9.17) is 10.1 Å². The van der Waals surface area contributed by atoms with Crippen molar-refractivity contribution in [2.75, 3.05) is 0 Å². The van der Waals surface area contributed by atoms with Crippen LogP contribution in [0.1, 0.15) is 46.8 Å². The SMILES string of the molecule is O=C(c1cc(-c2ccccc2)nc2ccccc12)N1N=C2/C(=C/c3cccc([N+](=O)[O-])c3)CCC[C@H]2[C@H]1c1cccc([N+](=O)[O-])c1. The first-order valence-electron chi connectivity index (χ1n) is 14.9. The van der Waals surface area contributed by atoms with Crippen LogP contribution in [-0.4, -0.2) is 31.5 Å². The summed E-state index contributed by atoms with van der Waals surface area (Å²) in [7, 11) is 0. The number of benzene rings is 4. The summed E-state index contributed by atoms with van der Waals surface area (Å²) in [5.74, 6) is -0.574. The van der Waals surface area contributed by atoms with E-state index in [0.717, 1.165) is 17.6 Å². The Hall–Kier alpha value is -6.03. The standard InChI is InChI=1S/C36H27N5O5/c42-36(31-22-33(24-10-2-1-3-11-24)37-32-18-5-4-16-29(31)32)39-35(26-13-7-15-28(21-26)41(45)46)30-17-8-12-25(34(30)38-39)19-23-9-6-14-27(20-23)40(43)44/h1-7,9-11,13-16,18-22,30,35H,8,12,17H2/b25-19+/t30-,35-/m1/s1. The maximum Gasteiger partial charge on any atom is 0.275 e. The first kappa shape index (κ1) is 28.7. The summed E-state index contributed by atoms with van der Waals surface area (Å²) in [6.07, 6.45) is 4.09. The monoisotopic (exact) mass is 609 g/mol. The summed E-state index contributed by atoms with van der Waals surface area (Å²) in [6.45, 7) is 0. The normalized spacial score (nSPS) is 18.3. The van der Waals surface area contributed by atoms with E-state index in [0.29, 0.717) is 51.8 Å². The lowest BCUT2D eigenvalue weighted by Crippen LogP contribution is -2.32. The molecule has 10 nitrogen and oxygen atoms in total. The Bertz CT molecular complexity index is 2090. The second-order valence-electron chi connectivity index (χ2n) is 11.4. The lowest BCUT2D eigenvalue weighted by Gasteiger charge is -2.29. The molecule has 1 saturated carbocycles. The summed E-state index contributed by atoms with van der Waals surface area (Å²) in [6, 6.07) is 31.1. The molecular formula is C36H27N5O5. The Morgan fingerprint density at radius 2 is 1.54 bits per heavy atom. The van der Waals surface area contributed by atoms with Crippen molar-refractivity contribution >= 4 is 40.0 Å². The summed E-state index contributed by atoms with van der Waals surface area (Å²) in [4.78, 5) is 41.9. The van der Waals surface area contributed by atoms with E-state index in [1.165, 1.54) is 29.3 Å². The van der Waals surface area contributed by atoms with E-state index in [1.807, 2.05) is 60.7 Å². The quantitative estimate of drug-likeness (QED) is 0.141. The number of pyridine rings is 1. The Balaban J connectivity index is 1.38.